The second-order valence-electron chi connectivity index (χ2n) is 3.72. The van der Waals surface area contributed by atoms with Crippen molar-refractivity contribution in [2.24, 2.45) is 0 Å². The average Bonchev–Trinajstić information content (AvgIpc) is 2.28. The number of nitrogens with zero attached hydrogens (tertiary/aromatic N) is 1. The molecule has 0 radical (unpaired) electrons. The first-order valence-corrected chi connectivity index (χ1v) is 6.34. The molecule has 18 heavy (non-hydrogen) atoms. The van der Waals surface area contributed by atoms with Crippen LogP contribution in [0.4, 0.5) is 0 Å². The van der Waals surface area contributed by atoms with E-state index in [1.54, 1.807) is 11.0 Å². The van der Waals surface area contributed by atoms with Gasteiger partial charge < -0.3 is 9.84 Å². The van der Waals surface area contributed by atoms with Gasteiger partial charge in [0.2, 0.25) is 0 Å². The Kier molecular flexibility index (Phi) is 6.46. The molecule has 1 rings (SSSR count). The molecule has 0 fully saturated rings. The number of rotatable bonds is 8. The molecule has 0 spiro atoms. The van der Waals surface area contributed by atoms with Crippen LogP contribution >= 0.6 is 15.9 Å². The number of halogens is 1. The van der Waals surface area contributed by atoms with Gasteiger partial charge in [-0.2, -0.15) is 0 Å². The Labute approximate surface area is 115 Å². The van der Waals surface area contributed by atoms with Crippen molar-refractivity contribution in [3.8, 4) is 5.75 Å². The second-order valence-corrected chi connectivity index (χ2v) is 4.64. The van der Waals surface area contributed by atoms with E-state index in [1.165, 1.54) is 0 Å². The minimum atomic E-state index is -0.848. The molecule has 1 N–H and O–H groups in total. The zero-order valence-electron chi connectivity index (χ0n) is 10.0. The van der Waals surface area contributed by atoms with Gasteiger partial charge in [0.1, 0.15) is 12.4 Å². The highest BCUT2D eigenvalue weighted by Crippen LogP contribution is 2.17. The van der Waals surface area contributed by atoms with Crippen LogP contribution in [0.2, 0.25) is 0 Å². The summed E-state index contributed by atoms with van der Waals surface area (Å²) in [5.41, 5.74) is 0. The lowest BCUT2D eigenvalue weighted by molar-refractivity contribution is -0.138. The Morgan fingerprint density at radius 1 is 1.56 bits per heavy atom. The van der Waals surface area contributed by atoms with Crippen LogP contribution in [-0.2, 0) is 4.79 Å². The van der Waals surface area contributed by atoms with Crippen molar-refractivity contribution in [3.63, 3.8) is 0 Å². The molecule has 0 saturated heterocycles. The first-order chi connectivity index (χ1) is 8.61. The first-order valence-electron chi connectivity index (χ1n) is 5.55. The lowest BCUT2D eigenvalue weighted by Gasteiger charge is -2.18. The van der Waals surface area contributed by atoms with E-state index in [0.717, 1.165) is 10.2 Å². The maximum Gasteiger partial charge on any atom is 0.317 e. The topological polar surface area (TPSA) is 49.8 Å². The van der Waals surface area contributed by atoms with Crippen LogP contribution in [0, 0.1) is 0 Å². The van der Waals surface area contributed by atoms with Crippen molar-refractivity contribution in [2.75, 3.05) is 26.2 Å². The van der Waals surface area contributed by atoms with Crippen molar-refractivity contribution in [2.45, 2.75) is 0 Å². The minimum Gasteiger partial charge on any atom is -0.492 e. The van der Waals surface area contributed by atoms with E-state index in [1.807, 2.05) is 24.3 Å². The van der Waals surface area contributed by atoms with Gasteiger partial charge in [0.25, 0.3) is 0 Å². The van der Waals surface area contributed by atoms with Crippen molar-refractivity contribution < 1.29 is 14.6 Å². The zero-order chi connectivity index (χ0) is 13.4. The average molecular weight is 314 g/mol. The predicted molar refractivity (Wildman–Crippen MR) is 73.9 cm³/mol. The Morgan fingerprint density at radius 3 is 2.94 bits per heavy atom. The summed E-state index contributed by atoms with van der Waals surface area (Å²) in [7, 11) is 0. The van der Waals surface area contributed by atoms with Crippen LogP contribution in [0.5, 0.6) is 5.75 Å². The van der Waals surface area contributed by atoms with Crippen molar-refractivity contribution in [1.29, 1.82) is 0 Å². The molecule has 0 atom stereocenters. The molecule has 0 unspecified atom stereocenters. The van der Waals surface area contributed by atoms with E-state index >= 15 is 0 Å². The summed E-state index contributed by atoms with van der Waals surface area (Å²) in [5, 5.41) is 8.74. The molecule has 0 heterocycles. The van der Waals surface area contributed by atoms with Gasteiger partial charge >= 0.3 is 5.97 Å². The van der Waals surface area contributed by atoms with Crippen LogP contribution in [0.25, 0.3) is 0 Å². The molecule has 0 aliphatic heterocycles. The third-order valence-electron chi connectivity index (χ3n) is 2.22. The van der Waals surface area contributed by atoms with E-state index in [-0.39, 0.29) is 6.54 Å². The molecule has 1 aromatic carbocycles. The monoisotopic (exact) mass is 313 g/mol. The molecule has 98 valence electrons. The normalized spacial score (nSPS) is 10.3. The summed E-state index contributed by atoms with van der Waals surface area (Å²) in [4.78, 5) is 12.4. The highest BCUT2D eigenvalue weighted by atomic mass is 79.9. The highest BCUT2D eigenvalue weighted by molar-refractivity contribution is 9.10. The lowest BCUT2D eigenvalue weighted by atomic mass is 10.3. The molecular weight excluding hydrogens is 298 g/mol. The maximum absolute atomic E-state index is 10.6. The zero-order valence-corrected chi connectivity index (χ0v) is 11.6. The number of hydrogen-bond donors (Lipinski definition) is 1. The third kappa shape index (κ3) is 5.84. The fourth-order valence-corrected chi connectivity index (χ4v) is 1.84. The van der Waals surface area contributed by atoms with Crippen LogP contribution < -0.4 is 4.74 Å². The number of hydrogen-bond acceptors (Lipinski definition) is 3. The summed E-state index contributed by atoms with van der Waals surface area (Å²) < 4.78 is 6.50. The minimum absolute atomic E-state index is 0.00609. The number of carboxylic acid groups (broad SMARTS) is 1. The summed E-state index contributed by atoms with van der Waals surface area (Å²) in [6.07, 6.45) is 1.68. The van der Waals surface area contributed by atoms with Gasteiger partial charge in [-0.1, -0.05) is 28.1 Å². The number of carbonyl (C=O) groups is 1. The number of carboxylic acids is 1. The number of ether oxygens (including phenoxy) is 1. The molecule has 4 nitrogen and oxygen atoms in total. The Balaban J connectivity index is 2.38. The molecule has 0 bridgehead atoms. The molecule has 0 saturated carbocycles. The highest BCUT2D eigenvalue weighted by Gasteiger charge is 2.07. The smallest absolute Gasteiger partial charge is 0.317 e. The Hall–Kier alpha value is -1.33. The first kappa shape index (κ1) is 14.7. The van der Waals surface area contributed by atoms with Crippen molar-refractivity contribution in [3.05, 3.63) is 41.4 Å². The summed E-state index contributed by atoms with van der Waals surface area (Å²) in [5.74, 6) is -0.0856. The lowest BCUT2D eigenvalue weighted by Crippen LogP contribution is -2.33. The molecule has 0 aliphatic rings. The number of benzene rings is 1. The van der Waals surface area contributed by atoms with Gasteiger partial charge in [-0.05, 0) is 18.2 Å². The van der Waals surface area contributed by atoms with E-state index in [2.05, 4.69) is 22.5 Å². The fraction of sp³-hybridized carbons (Fsp3) is 0.308. The molecule has 0 aromatic heterocycles. The predicted octanol–water partition coefficient (Wildman–Crippen LogP) is 2.40. The molecule has 0 amide bonds. The van der Waals surface area contributed by atoms with Crippen molar-refractivity contribution in [1.82, 2.24) is 4.90 Å². The summed E-state index contributed by atoms with van der Waals surface area (Å²) in [6, 6.07) is 7.54. The van der Waals surface area contributed by atoms with Gasteiger partial charge in [0, 0.05) is 17.6 Å². The molecule has 5 heteroatoms. The molecule has 1 aromatic rings. The van der Waals surface area contributed by atoms with Crippen molar-refractivity contribution >= 4 is 21.9 Å². The van der Waals surface area contributed by atoms with E-state index in [4.69, 9.17) is 9.84 Å². The quantitative estimate of drug-likeness (QED) is 0.749. The SMILES string of the molecule is C=CCN(CCOc1cccc(Br)c1)CC(=O)O. The van der Waals surface area contributed by atoms with Gasteiger partial charge in [-0.25, -0.2) is 0 Å². The number of aliphatic carboxylic acids is 1. The largest absolute Gasteiger partial charge is 0.492 e. The van der Waals surface area contributed by atoms with E-state index in [9.17, 15) is 4.79 Å². The van der Waals surface area contributed by atoms with Crippen LogP contribution in [0.1, 0.15) is 0 Å². The summed E-state index contributed by atoms with van der Waals surface area (Å²) in [6.45, 7) is 5.12. The summed E-state index contributed by atoms with van der Waals surface area (Å²) >= 11 is 3.36. The Morgan fingerprint density at radius 2 is 2.33 bits per heavy atom. The van der Waals surface area contributed by atoms with E-state index < -0.39 is 5.97 Å². The molecule has 0 aliphatic carbocycles. The molecular formula is C13H16BrNO3. The standard InChI is InChI=1S/C13H16BrNO3/c1-2-6-15(10-13(16)17)7-8-18-12-5-3-4-11(14)9-12/h2-5,9H,1,6-8,10H2,(H,16,17). The van der Waals surface area contributed by atoms with Crippen LogP contribution in [-0.4, -0.2) is 42.2 Å². The van der Waals surface area contributed by atoms with Gasteiger partial charge in [-0.3, -0.25) is 9.69 Å². The maximum atomic E-state index is 10.6. The van der Waals surface area contributed by atoms with Gasteiger partial charge in [0.15, 0.2) is 0 Å². The van der Waals surface area contributed by atoms with Crippen LogP contribution in [0.15, 0.2) is 41.4 Å². The van der Waals surface area contributed by atoms with Gasteiger partial charge in [0.05, 0.1) is 6.54 Å². The van der Waals surface area contributed by atoms with Gasteiger partial charge in [-0.15, -0.1) is 6.58 Å². The fourth-order valence-electron chi connectivity index (χ4n) is 1.46. The second kappa shape index (κ2) is 7.89. The van der Waals surface area contributed by atoms with E-state index in [0.29, 0.717) is 19.7 Å². The van der Waals surface area contributed by atoms with Crippen LogP contribution in [0.3, 0.4) is 0 Å². The third-order valence-corrected chi connectivity index (χ3v) is 2.71. The Bertz CT molecular complexity index is 409.